The van der Waals surface area contributed by atoms with Gasteiger partial charge in [-0.3, -0.25) is 0 Å². The van der Waals surface area contributed by atoms with Gasteiger partial charge < -0.3 is 9.88 Å². The molecule has 2 atom stereocenters. The normalized spacial score (nSPS) is 22.6. The van der Waals surface area contributed by atoms with E-state index in [9.17, 15) is 0 Å². The van der Waals surface area contributed by atoms with Crippen molar-refractivity contribution < 1.29 is 0 Å². The first-order valence-electron chi connectivity index (χ1n) is 6.56. The predicted molar refractivity (Wildman–Crippen MR) is 74.5 cm³/mol. The molecule has 1 aromatic rings. The standard InChI is InChI=1S/C13H23N3S/c1-14-11(12-5-3-4-10-17-12)6-7-13-15-8-9-16(13)2/h8-9,11-12,14H,3-7,10H2,1-2H3. The zero-order valence-electron chi connectivity index (χ0n) is 10.9. The number of hydrogen-bond donors (Lipinski definition) is 1. The maximum atomic E-state index is 4.40. The minimum Gasteiger partial charge on any atom is -0.338 e. The molecule has 1 aliphatic rings. The average molecular weight is 253 g/mol. The Kier molecular flexibility index (Phi) is 4.92. The molecule has 0 radical (unpaired) electrons. The fourth-order valence-electron chi connectivity index (χ4n) is 2.52. The van der Waals surface area contributed by atoms with Gasteiger partial charge in [0.15, 0.2) is 0 Å². The lowest BCUT2D eigenvalue weighted by Gasteiger charge is -2.29. The van der Waals surface area contributed by atoms with Crippen molar-refractivity contribution in [1.29, 1.82) is 0 Å². The number of imidazole rings is 1. The van der Waals surface area contributed by atoms with E-state index in [2.05, 4.69) is 40.7 Å². The molecule has 4 heteroatoms. The van der Waals surface area contributed by atoms with E-state index in [0.29, 0.717) is 6.04 Å². The maximum Gasteiger partial charge on any atom is 0.108 e. The Morgan fingerprint density at radius 2 is 2.47 bits per heavy atom. The summed E-state index contributed by atoms with van der Waals surface area (Å²) in [5, 5.41) is 4.30. The van der Waals surface area contributed by atoms with Crippen molar-refractivity contribution >= 4 is 11.8 Å². The van der Waals surface area contributed by atoms with Crippen LogP contribution in [0, 0.1) is 0 Å². The van der Waals surface area contributed by atoms with E-state index in [1.807, 2.05) is 12.4 Å². The summed E-state index contributed by atoms with van der Waals surface area (Å²) in [6.07, 6.45) is 10.4. The number of hydrogen-bond acceptors (Lipinski definition) is 3. The third-order valence-electron chi connectivity index (χ3n) is 3.63. The lowest BCUT2D eigenvalue weighted by atomic mass is 10.0. The summed E-state index contributed by atoms with van der Waals surface area (Å²) in [6, 6.07) is 0.636. The van der Waals surface area contributed by atoms with Crippen molar-refractivity contribution in [3.05, 3.63) is 18.2 Å². The SMILES string of the molecule is CNC(CCc1nccn1C)C1CCCCS1. The van der Waals surface area contributed by atoms with Crippen LogP contribution in [0.25, 0.3) is 0 Å². The summed E-state index contributed by atoms with van der Waals surface area (Å²) in [5.41, 5.74) is 0. The number of aromatic nitrogens is 2. The molecule has 0 saturated carbocycles. The van der Waals surface area contributed by atoms with Gasteiger partial charge in [-0.05, 0) is 32.1 Å². The highest BCUT2D eigenvalue weighted by Gasteiger charge is 2.22. The van der Waals surface area contributed by atoms with Gasteiger partial charge >= 0.3 is 0 Å². The maximum absolute atomic E-state index is 4.40. The van der Waals surface area contributed by atoms with Crippen LogP contribution >= 0.6 is 11.8 Å². The molecule has 17 heavy (non-hydrogen) atoms. The van der Waals surface area contributed by atoms with Gasteiger partial charge in [0.25, 0.3) is 0 Å². The topological polar surface area (TPSA) is 29.9 Å². The lowest BCUT2D eigenvalue weighted by molar-refractivity contribution is 0.464. The fraction of sp³-hybridized carbons (Fsp3) is 0.769. The average Bonchev–Trinajstić information content (AvgIpc) is 2.77. The van der Waals surface area contributed by atoms with Gasteiger partial charge in [0.05, 0.1) is 0 Å². The molecule has 1 fully saturated rings. The summed E-state index contributed by atoms with van der Waals surface area (Å²) in [7, 11) is 4.17. The molecule has 2 unspecified atom stereocenters. The van der Waals surface area contributed by atoms with Gasteiger partial charge in [-0.25, -0.2) is 4.98 Å². The van der Waals surface area contributed by atoms with E-state index in [1.54, 1.807) is 0 Å². The van der Waals surface area contributed by atoms with Crippen LogP contribution in [0.4, 0.5) is 0 Å². The Labute approximate surface area is 108 Å². The Balaban J connectivity index is 1.84. The van der Waals surface area contributed by atoms with E-state index in [4.69, 9.17) is 0 Å². The van der Waals surface area contributed by atoms with Crippen LogP contribution in [0.15, 0.2) is 12.4 Å². The zero-order valence-corrected chi connectivity index (χ0v) is 11.7. The summed E-state index contributed by atoms with van der Waals surface area (Å²) in [4.78, 5) is 4.40. The number of nitrogens with one attached hydrogen (secondary N) is 1. The van der Waals surface area contributed by atoms with E-state index < -0.39 is 0 Å². The summed E-state index contributed by atoms with van der Waals surface area (Å²) in [6.45, 7) is 0. The van der Waals surface area contributed by atoms with Crippen molar-refractivity contribution in [2.45, 2.75) is 43.4 Å². The van der Waals surface area contributed by atoms with Gasteiger partial charge in [-0.15, -0.1) is 0 Å². The van der Waals surface area contributed by atoms with Crippen molar-refractivity contribution in [3.63, 3.8) is 0 Å². The van der Waals surface area contributed by atoms with Crippen molar-refractivity contribution in [1.82, 2.24) is 14.9 Å². The Morgan fingerprint density at radius 3 is 3.06 bits per heavy atom. The molecule has 1 aromatic heterocycles. The van der Waals surface area contributed by atoms with E-state index in [-0.39, 0.29) is 0 Å². The minimum absolute atomic E-state index is 0.636. The third-order valence-corrected chi connectivity index (χ3v) is 5.15. The second-order valence-electron chi connectivity index (χ2n) is 4.79. The summed E-state index contributed by atoms with van der Waals surface area (Å²) < 4.78 is 2.13. The molecule has 0 amide bonds. The Morgan fingerprint density at radius 1 is 1.59 bits per heavy atom. The lowest BCUT2D eigenvalue weighted by Crippen LogP contribution is -2.37. The van der Waals surface area contributed by atoms with E-state index in [0.717, 1.165) is 11.7 Å². The van der Waals surface area contributed by atoms with Crippen LogP contribution < -0.4 is 5.32 Å². The molecule has 2 heterocycles. The van der Waals surface area contributed by atoms with Gasteiger partial charge in [0.1, 0.15) is 5.82 Å². The highest BCUT2D eigenvalue weighted by atomic mass is 32.2. The first-order chi connectivity index (χ1) is 8.31. The first-order valence-corrected chi connectivity index (χ1v) is 7.61. The Bertz CT molecular complexity index is 331. The molecule has 0 bridgehead atoms. The first kappa shape index (κ1) is 13.0. The molecule has 0 spiro atoms. The molecule has 0 aliphatic carbocycles. The number of nitrogens with zero attached hydrogens (tertiary/aromatic N) is 2. The monoisotopic (exact) mass is 253 g/mol. The fourth-order valence-corrected chi connectivity index (χ4v) is 4.03. The van der Waals surface area contributed by atoms with Crippen molar-refractivity contribution in [2.75, 3.05) is 12.8 Å². The van der Waals surface area contributed by atoms with Crippen molar-refractivity contribution in [2.24, 2.45) is 7.05 Å². The molecule has 0 aromatic carbocycles. The number of thioether (sulfide) groups is 1. The highest BCUT2D eigenvalue weighted by molar-refractivity contribution is 8.00. The largest absolute Gasteiger partial charge is 0.338 e. The second kappa shape index (κ2) is 6.45. The van der Waals surface area contributed by atoms with Gasteiger partial charge in [0.2, 0.25) is 0 Å². The predicted octanol–water partition coefficient (Wildman–Crippen LogP) is 2.23. The molecular formula is C13H23N3S. The number of rotatable bonds is 5. The van der Waals surface area contributed by atoms with Crippen LogP contribution in [0.3, 0.4) is 0 Å². The van der Waals surface area contributed by atoms with Crippen LogP contribution in [-0.4, -0.2) is 33.6 Å². The van der Waals surface area contributed by atoms with Gasteiger partial charge in [0, 0.05) is 37.2 Å². The molecule has 3 nitrogen and oxygen atoms in total. The quantitative estimate of drug-likeness (QED) is 0.872. The van der Waals surface area contributed by atoms with E-state index in [1.165, 1.54) is 37.3 Å². The third kappa shape index (κ3) is 3.49. The molecule has 1 N–H and O–H groups in total. The number of aryl methyl sites for hydroxylation is 2. The Hall–Kier alpha value is -0.480. The smallest absolute Gasteiger partial charge is 0.108 e. The van der Waals surface area contributed by atoms with E-state index >= 15 is 0 Å². The van der Waals surface area contributed by atoms with Crippen LogP contribution in [0.2, 0.25) is 0 Å². The van der Waals surface area contributed by atoms with Gasteiger partial charge in [-0.1, -0.05) is 6.42 Å². The second-order valence-corrected chi connectivity index (χ2v) is 6.14. The van der Waals surface area contributed by atoms with Crippen LogP contribution in [-0.2, 0) is 13.5 Å². The zero-order chi connectivity index (χ0) is 12.1. The molecule has 2 rings (SSSR count). The summed E-state index contributed by atoms with van der Waals surface area (Å²) >= 11 is 2.15. The highest BCUT2D eigenvalue weighted by Crippen LogP contribution is 2.29. The van der Waals surface area contributed by atoms with Crippen molar-refractivity contribution in [3.8, 4) is 0 Å². The minimum atomic E-state index is 0.636. The molecule has 1 aliphatic heterocycles. The van der Waals surface area contributed by atoms with Crippen LogP contribution in [0.1, 0.15) is 31.5 Å². The summed E-state index contributed by atoms with van der Waals surface area (Å²) in [5.74, 6) is 2.54. The molecule has 96 valence electrons. The molecular weight excluding hydrogens is 230 g/mol. The van der Waals surface area contributed by atoms with Crippen LogP contribution in [0.5, 0.6) is 0 Å². The van der Waals surface area contributed by atoms with Gasteiger partial charge in [-0.2, -0.15) is 11.8 Å². The molecule has 1 saturated heterocycles.